The van der Waals surface area contributed by atoms with E-state index in [-0.39, 0.29) is 6.04 Å². The van der Waals surface area contributed by atoms with Crippen LogP contribution in [0.3, 0.4) is 0 Å². The third kappa shape index (κ3) is 6.26. The number of halogens is 4. The van der Waals surface area contributed by atoms with Crippen LogP contribution in [0.25, 0.3) is 0 Å². The van der Waals surface area contributed by atoms with Gasteiger partial charge in [0.25, 0.3) is 0 Å². The topological polar surface area (TPSA) is 12.0 Å². The minimum Gasteiger partial charge on any atom is -0.314 e. The maximum absolute atomic E-state index is 12.4. The summed E-state index contributed by atoms with van der Waals surface area (Å²) >= 11 is 4.64. The van der Waals surface area contributed by atoms with E-state index in [4.69, 9.17) is 0 Å². The summed E-state index contributed by atoms with van der Waals surface area (Å²) in [5.74, 6) is 0. The van der Waals surface area contributed by atoms with Crippen LogP contribution in [0.2, 0.25) is 0 Å². The number of alkyl halides is 4. The predicted molar refractivity (Wildman–Crippen MR) is 70.1 cm³/mol. The summed E-state index contributed by atoms with van der Waals surface area (Å²) in [4.78, 5) is 0. The first-order chi connectivity index (χ1) is 8.43. The van der Waals surface area contributed by atoms with Crippen LogP contribution in [0.4, 0.5) is 13.2 Å². The zero-order valence-corrected chi connectivity index (χ0v) is 11.6. The van der Waals surface area contributed by atoms with Gasteiger partial charge in [-0.3, -0.25) is 0 Å². The minimum atomic E-state index is -4.25. The lowest BCUT2D eigenvalue weighted by Gasteiger charge is -2.13. The van der Waals surface area contributed by atoms with Crippen LogP contribution in [0.5, 0.6) is 0 Å². The molecule has 18 heavy (non-hydrogen) atoms. The van der Waals surface area contributed by atoms with Gasteiger partial charge in [0, 0.05) is 12.4 Å². The summed E-state index contributed by atoms with van der Waals surface area (Å²) in [6.07, 6.45) is -2.17. The van der Waals surface area contributed by atoms with E-state index in [1.165, 1.54) is 18.5 Å². The average Bonchev–Trinajstić information content (AvgIpc) is 2.31. The lowest BCUT2D eigenvalue weighted by Crippen LogP contribution is -2.27. The van der Waals surface area contributed by atoms with E-state index < -0.39 is 11.7 Å². The maximum Gasteiger partial charge on any atom is 0.416 e. The zero-order chi connectivity index (χ0) is 14.2. The molecule has 0 spiro atoms. The first-order valence-corrected chi connectivity index (χ1v) is 6.46. The Balaban J connectivity index is 0.00000137. The molecule has 0 radical (unpaired) electrons. The largest absolute Gasteiger partial charge is 0.416 e. The first-order valence-electron chi connectivity index (χ1n) is 5.70. The zero-order valence-electron chi connectivity index (χ0n) is 10.8. The van der Waals surface area contributed by atoms with Crippen molar-refractivity contribution >= 4 is 11.6 Å². The third-order valence-electron chi connectivity index (χ3n) is 2.35. The average molecular weight is 282 g/mol. The van der Waals surface area contributed by atoms with Gasteiger partial charge in [-0.05, 0) is 31.5 Å². The highest BCUT2D eigenvalue weighted by Gasteiger charge is 2.30. The van der Waals surface area contributed by atoms with Crippen molar-refractivity contribution < 1.29 is 13.2 Å². The fraction of sp³-hybridized carbons (Fsp3) is 0.538. The minimum absolute atomic E-state index is 0.188. The van der Waals surface area contributed by atoms with Crippen molar-refractivity contribution in [3.8, 4) is 0 Å². The number of rotatable bonds is 4. The van der Waals surface area contributed by atoms with Gasteiger partial charge in [0.05, 0.1) is 5.56 Å². The SMILES string of the molecule is CCNC(C)Cc1cccc(C(F)(F)F)c1.CCl. The summed E-state index contributed by atoms with van der Waals surface area (Å²) in [7, 11) is 0. The van der Waals surface area contributed by atoms with Gasteiger partial charge in [0.1, 0.15) is 0 Å². The van der Waals surface area contributed by atoms with Crippen LogP contribution in [0.1, 0.15) is 25.0 Å². The van der Waals surface area contributed by atoms with Crippen LogP contribution in [-0.2, 0) is 12.6 Å². The summed E-state index contributed by atoms with van der Waals surface area (Å²) in [5.41, 5.74) is 0.136. The second-order valence-electron chi connectivity index (χ2n) is 3.86. The predicted octanol–water partition coefficient (Wildman–Crippen LogP) is 4.10. The Morgan fingerprint density at radius 3 is 2.39 bits per heavy atom. The van der Waals surface area contributed by atoms with E-state index in [9.17, 15) is 13.2 Å². The lowest BCUT2D eigenvalue weighted by atomic mass is 10.0. The molecule has 0 amide bonds. The highest BCUT2D eigenvalue weighted by molar-refractivity contribution is 6.15. The third-order valence-corrected chi connectivity index (χ3v) is 2.35. The quantitative estimate of drug-likeness (QED) is 0.819. The van der Waals surface area contributed by atoms with Gasteiger partial charge < -0.3 is 5.32 Å². The second kappa shape index (κ2) is 8.38. The Morgan fingerprint density at radius 2 is 1.89 bits per heavy atom. The molecule has 0 aromatic heterocycles. The van der Waals surface area contributed by atoms with E-state index in [0.717, 1.165) is 12.6 Å². The molecule has 0 saturated heterocycles. The molecule has 0 fully saturated rings. The van der Waals surface area contributed by atoms with Crippen molar-refractivity contribution in [3.05, 3.63) is 35.4 Å². The van der Waals surface area contributed by atoms with Gasteiger partial charge in [0.2, 0.25) is 0 Å². The molecule has 0 heterocycles. The van der Waals surface area contributed by atoms with Crippen LogP contribution < -0.4 is 5.32 Å². The molecule has 5 heteroatoms. The number of hydrogen-bond donors (Lipinski definition) is 1. The lowest BCUT2D eigenvalue weighted by molar-refractivity contribution is -0.137. The van der Waals surface area contributed by atoms with Gasteiger partial charge in [0.15, 0.2) is 0 Å². The van der Waals surface area contributed by atoms with E-state index in [2.05, 4.69) is 16.9 Å². The van der Waals surface area contributed by atoms with Gasteiger partial charge in [-0.1, -0.05) is 25.1 Å². The molecule has 1 rings (SSSR count). The molecule has 1 aromatic rings. The number of likely N-dealkylation sites (N-methyl/N-ethyl adjacent to an activating group) is 1. The molecule has 1 nitrogen and oxygen atoms in total. The fourth-order valence-electron chi connectivity index (χ4n) is 1.65. The molecule has 104 valence electrons. The molecular weight excluding hydrogens is 263 g/mol. The Bertz CT molecular complexity index is 339. The van der Waals surface area contributed by atoms with Crippen molar-refractivity contribution in [2.45, 2.75) is 32.5 Å². The van der Waals surface area contributed by atoms with Gasteiger partial charge in [-0.25, -0.2) is 0 Å². The molecule has 1 atom stereocenters. The van der Waals surface area contributed by atoms with E-state index >= 15 is 0 Å². The highest BCUT2D eigenvalue weighted by atomic mass is 35.5. The van der Waals surface area contributed by atoms with E-state index in [0.29, 0.717) is 12.0 Å². The van der Waals surface area contributed by atoms with Crippen molar-refractivity contribution in [2.24, 2.45) is 0 Å². The molecule has 1 unspecified atom stereocenters. The summed E-state index contributed by atoms with van der Waals surface area (Å²) < 4.78 is 37.3. The second-order valence-corrected chi connectivity index (χ2v) is 3.86. The highest BCUT2D eigenvalue weighted by Crippen LogP contribution is 2.29. The van der Waals surface area contributed by atoms with Crippen molar-refractivity contribution in [3.63, 3.8) is 0 Å². The normalized spacial score (nSPS) is 12.6. The molecule has 0 aliphatic heterocycles. The Labute approximate surface area is 111 Å². The monoisotopic (exact) mass is 281 g/mol. The molecule has 1 aromatic carbocycles. The van der Waals surface area contributed by atoms with Gasteiger partial charge >= 0.3 is 6.18 Å². The molecule has 0 aliphatic carbocycles. The maximum atomic E-state index is 12.4. The van der Waals surface area contributed by atoms with Crippen LogP contribution in [0.15, 0.2) is 24.3 Å². The number of benzene rings is 1. The van der Waals surface area contributed by atoms with Crippen molar-refractivity contribution in [2.75, 3.05) is 12.9 Å². The molecular formula is C13H19ClF3N. The van der Waals surface area contributed by atoms with E-state index in [1.54, 1.807) is 6.07 Å². The van der Waals surface area contributed by atoms with Crippen LogP contribution in [-0.4, -0.2) is 19.0 Å². The Kier molecular flexibility index (Phi) is 8.03. The van der Waals surface area contributed by atoms with Gasteiger partial charge in [-0.15, -0.1) is 11.6 Å². The molecule has 0 saturated carbocycles. The van der Waals surface area contributed by atoms with Crippen molar-refractivity contribution in [1.82, 2.24) is 5.32 Å². The number of hydrogen-bond acceptors (Lipinski definition) is 1. The Morgan fingerprint density at radius 1 is 1.28 bits per heavy atom. The Hall–Kier alpha value is -0.740. The molecule has 0 aliphatic rings. The standard InChI is InChI=1S/C12H16F3N.CH3Cl/c1-3-16-9(2)7-10-5-4-6-11(8-10)12(13,14)15;1-2/h4-6,8-9,16H,3,7H2,1-2H3;1H3. The molecule has 1 N–H and O–H groups in total. The summed E-state index contributed by atoms with van der Waals surface area (Å²) in [5, 5.41) is 3.17. The van der Waals surface area contributed by atoms with Gasteiger partial charge in [-0.2, -0.15) is 13.2 Å². The van der Waals surface area contributed by atoms with Crippen molar-refractivity contribution in [1.29, 1.82) is 0 Å². The first kappa shape index (κ1) is 17.3. The summed E-state index contributed by atoms with van der Waals surface area (Å²) in [6, 6.07) is 5.68. The van der Waals surface area contributed by atoms with Crippen LogP contribution >= 0.6 is 11.6 Å². The number of nitrogens with one attached hydrogen (secondary N) is 1. The fourth-order valence-corrected chi connectivity index (χ4v) is 1.65. The van der Waals surface area contributed by atoms with Crippen LogP contribution in [0, 0.1) is 0 Å². The molecule has 0 bridgehead atoms. The smallest absolute Gasteiger partial charge is 0.314 e. The summed E-state index contributed by atoms with van der Waals surface area (Å²) in [6.45, 7) is 4.76. The van der Waals surface area contributed by atoms with E-state index in [1.807, 2.05) is 13.8 Å².